The van der Waals surface area contributed by atoms with Gasteiger partial charge < -0.3 is 20.1 Å². The van der Waals surface area contributed by atoms with Crippen molar-refractivity contribution in [3.63, 3.8) is 0 Å². The summed E-state index contributed by atoms with van der Waals surface area (Å²) in [5.74, 6) is -0.171. The Morgan fingerprint density at radius 1 is 1.32 bits per heavy atom. The monoisotopic (exact) mass is 348 g/mol. The van der Waals surface area contributed by atoms with Gasteiger partial charge in [-0.1, -0.05) is 0 Å². The Bertz CT molecular complexity index is 810. The molecule has 0 unspecified atom stereocenters. The van der Waals surface area contributed by atoms with Crippen LogP contribution in [0.15, 0.2) is 18.2 Å². The summed E-state index contributed by atoms with van der Waals surface area (Å²) in [4.78, 5) is 35.7. The van der Waals surface area contributed by atoms with Crippen molar-refractivity contribution in [3.8, 4) is 5.75 Å². The second kappa shape index (κ2) is 7.38. The van der Waals surface area contributed by atoms with Crippen LogP contribution < -0.4 is 15.4 Å². The second-order valence-electron chi connectivity index (χ2n) is 5.02. The molecule has 0 aliphatic heterocycles. The first-order chi connectivity index (χ1) is 11.8. The molecule has 1 aromatic carbocycles. The van der Waals surface area contributed by atoms with Crippen LogP contribution in [0.2, 0.25) is 0 Å². The number of carbonyl (C=O) groups is 1. The molecule has 2 rings (SSSR count). The maximum atomic E-state index is 11.5. The smallest absolute Gasteiger partial charge is 0.338 e. The number of nitrogens with two attached hydrogens (primary N) is 1. The van der Waals surface area contributed by atoms with Crippen molar-refractivity contribution in [1.29, 1.82) is 0 Å². The molecule has 0 saturated heterocycles. The third-order valence-corrected chi connectivity index (χ3v) is 3.02. The molecule has 11 heteroatoms. The summed E-state index contributed by atoms with van der Waals surface area (Å²) in [5, 5.41) is 11.2. The van der Waals surface area contributed by atoms with Gasteiger partial charge in [-0.2, -0.15) is 15.0 Å². The minimum absolute atomic E-state index is 0.00726. The van der Waals surface area contributed by atoms with E-state index in [1.165, 1.54) is 19.2 Å². The highest BCUT2D eigenvalue weighted by molar-refractivity contribution is 5.90. The van der Waals surface area contributed by atoms with Gasteiger partial charge in [-0.05, 0) is 12.1 Å². The van der Waals surface area contributed by atoms with E-state index in [1.54, 1.807) is 19.0 Å². The number of anilines is 2. The molecule has 1 aromatic heterocycles. The highest BCUT2D eigenvalue weighted by Gasteiger charge is 2.20. The molecule has 132 valence electrons. The predicted molar refractivity (Wildman–Crippen MR) is 87.3 cm³/mol. The summed E-state index contributed by atoms with van der Waals surface area (Å²) in [6.45, 7) is -0.161. The van der Waals surface area contributed by atoms with Crippen molar-refractivity contribution in [1.82, 2.24) is 15.0 Å². The Labute approximate surface area is 142 Å². The standard InChI is InChI=1S/C14H16N6O5/c1-19(2)14-17-11(16-13(15)18-14)7-25-10-5-4-8(12(21)24-3)6-9(10)20(22)23/h4-6H,7H2,1-3H3,(H2,15,16,17,18). The SMILES string of the molecule is COC(=O)c1ccc(OCc2nc(N)nc(N(C)C)n2)c([N+](=O)[O-])c1. The molecular formula is C14H16N6O5. The largest absolute Gasteiger partial charge is 0.479 e. The van der Waals surface area contributed by atoms with Crippen molar-refractivity contribution < 1.29 is 19.2 Å². The normalized spacial score (nSPS) is 10.2. The minimum Gasteiger partial charge on any atom is -0.479 e. The topological polar surface area (TPSA) is 147 Å². The molecule has 0 spiro atoms. The number of ether oxygens (including phenoxy) is 2. The van der Waals surface area contributed by atoms with E-state index in [9.17, 15) is 14.9 Å². The summed E-state index contributed by atoms with van der Waals surface area (Å²) in [7, 11) is 4.65. The molecule has 0 fully saturated rings. The van der Waals surface area contributed by atoms with Crippen LogP contribution in [0.3, 0.4) is 0 Å². The van der Waals surface area contributed by atoms with E-state index < -0.39 is 10.9 Å². The first-order valence-electron chi connectivity index (χ1n) is 6.99. The maximum absolute atomic E-state index is 11.5. The molecule has 0 amide bonds. The molecule has 0 atom stereocenters. The highest BCUT2D eigenvalue weighted by Crippen LogP contribution is 2.29. The molecule has 0 saturated carbocycles. The Morgan fingerprint density at radius 2 is 2.04 bits per heavy atom. The zero-order valence-electron chi connectivity index (χ0n) is 13.8. The summed E-state index contributed by atoms with van der Waals surface area (Å²) < 4.78 is 9.96. The average Bonchev–Trinajstić information content (AvgIpc) is 2.58. The van der Waals surface area contributed by atoms with Gasteiger partial charge in [0.25, 0.3) is 0 Å². The number of hydrogen-bond acceptors (Lipinski definition) is 10. The fourth-order valence-corrected chi connectivity index (χ4v) is 1.86. The maximum Gasteiger partial charge on any atom is 0.338 e. The lowest BCUT2D eigenvalue weighted by Gasteiger charge is -2.12. The lowest BCUT2D eigenvalue weighted by molar-refractivity contribution is -0.386. The first kappa shape index (κ1) is 17.8. The molecule has 25 heavy (non-hydrogen) atoms. The van der Waals surface area contributed by atoms with E-state index in [0.717, 1.165) is 6.07 Å². The van der Waals surface area contributed by atoms with Crippen molar-refractivity contribution >= 4 is 23.6 Å². The summed E-state index contributed by atoms with van der Waals surface area (Å²) in [5.41, 5.74) is 5.27. The highest BCUT2D eigenvalue weighted by atomic mass is 16.6. The molecule has 0 radical (unpaired) electrons. The van der Waals surface area contributed by atoms with E-state index in [1.807, 2.05) is 0 Å². The van der Waals surface area contributed by atoms with E-state index in [0.29, 0.717) is 5.95 Å². The average molecular weight is 348 g/mol. The van der Waals surface area contributed by atoms with Crippen LogP contribution in [0.25, 0.3) is 0 Å². The Hall–Kier alpha value is -3.50. The zero-order valence-corrected chi connectivity index (χ0v) is 13.8. The number of rotatable bonds is 6. The van der Waals surface area contributed by atoms with E-state index >= 15 is 0 Å². The van der Waals surface area contributed by atoms with Gasteiger partial charge in [0.15, 0.2) is 11.6 Å². The Morgan fingerprint density at radius 3 is 2.64 bits per heavy atom. The molecular weight excluding hydrogens is 332 g/mol. The molecule has 1 heterocycles. The number of nitro benzene ring substituents is 1. The van der Waals surface area contributed by atoms with Crippen molar-refractivity contribution in [2.24, 2.45) is 0 Å². The third-order valence-electron chi connectivity index (χ3n) is 3.02. The summed E-state index contributed by atoms with van der Waals surface area (Å²) >= 11 is 0. The van der Waals surface area contributed by atoms with Gasteiger partial charge in [0.2, 0.25) is 11.9 Å². The number of nitrogen functional groups attached to an aromatic ring is 1. The lowest BCUT2D eigenvalue weighted by Crippen LogP contribution is -2.17. The number of hydrogen-bond donors (Lipinski definition) is 1. The van der Waals surface area contributed by atoms with Crippen LogP contribution in [-0.2, 0) is 11.3 Å². The third kappa shape index (κ3) is 4.28. The van der Waals surface area contributed by atoms with Gasteiger partial charge in [0.1, 0.15) is 6.61 Å². The number of nitro groups is 1. The molecule has 0 aliphatic carbocycles. The molecule has 2 aromatic rings. The van der Waals surface area contributed by atoms with Gasteiger partial charge in [-0.25, -0.2) is 4.79 Å². The number of aromatic nitrogens is 3. The number of esters is 1. The zero-order chi connectivity index (χ0) is 18.6. The van der Waals surface area contributed by atoms with Gasteiger partial charge >= 0.3 is 11.7 Å². The van der Waals surface area contributed by atoms with E-state index in [-0.39, 0.29) is 35.4 Å². The number of nitrogens with zero attached hydrogens (tertiary/aromatic N) is 5. The number of carbonyl (C=O) groups excluding carboxylic acids is 1. The first-order valence-corrected chi connectivity index (χ1v) is 6.99. The Kier molecular flexibility index (Phi) is 5.27. The lowest BCUT2D eigenvalue weighted by atomic mass is 10.2. The van der Waals surface area contributed by atoms with Crippen LogP contribution in [0, 0.1) is 10.1 Å². The fraction of sp³-hybridized carbons (Fsp3) is 0.286. The van der Waals surface area contributed by atoms with Crippen LogP contribution >= 0.6 is 0 Å². The van der Waals surface area contributed by atoms with Gasteiger partial charge in [0.05, 0.1) is 17.6 Å². The van der Waals surface area contributed by atoms with Crippen molar-refractivity contribution in [3.05, 3.63) is 39.7 Å². The van der Waals surface area contributed by atoms with Crippen molar-refractivity contribution in [2.75, 3.05) is 31.8 Å². The second-order valence-corrected chi connectivity index (χ2v) is 5.02. The van der Waals surface area contributed by atoms with Crippen LogP contribution in [0.1, 0.15) is 16.2 Å². The van der Waals surface area contributed by atoms with Crippen LogP contribution in [-0.4, -0.2) is 47.0 Å². The van der Waals surface area contributed by atoms with Gasteiger partial charge in [0, 0.05) is 20.2 Å². The van der Waals surface area contributed by atoms with E-state index in [4.69, 9.17) is 10.5 Å². The van der Waals surface area contributed by atoms with Gasteiger partial charge in [-0.3, -0.25) is 10.1 Å². The van der Waals surface area contributed by atoms with Crippen molar-refractivity contribution in [2.45, 2.75) is 6.61 Å². The minimum atomic E-state index is -0.685. The quantitative estimate of drug-likeness (QED) is 0.451. The summed E-state index contributed by atoms with van der Waals surface area (Å²) in [6.07, 6.45) is 0. The number of methoxy groups -OCH3 is 1. The Balaban J connectivity index is 2.26. The number of benzene rings is 1. The van der Waals surface area contributed by atoms with Crippen LogP contribution in [0.4, 0.5) is 17.6 Å². The van der Waals surface area contributed by atoms with Gasteiger partial charge in [-0.15, -0.1) is 0 Å². The van der Waals surface area contributed by atoms with E-state index in [2.05, 4.69) is 19.7 Å². The predicted octanol–water partition coefficient (Wildman–Crippen LogP) is 0.794. The fourth-order valence-electron chi connectivity index (χ4n) is 1.86. The molecule has 0 aliphatic rings. The van der Waals surface area contributed by atoms with Crippen LogP contribution in [0.5, 0.6) is 5.75 Å². The molecule has 2 N–H and O–H groups in total. The molecule has 0 bridgehead atoms. The summed E-state index contributed by atoms with van der Waals surface area (Å²) in [6, 6.07) is 3.75. The molecule has 11 nitrogen and oxygen atoms in total.